The number of carboxylic acid groups (broad SMARTS) is 1. The van der Waals surface area contributed by atoms with Crippen LogP contribution in [0.1, 0.15) is 10.4 Å². The first kappa shape index (κ1) is 14.5. The topological polar surface area (TPSA) is 98.6 Å². The Morgan fingerprint density at radius 1 is 1.40 bits per heavy atom. The summed E-state index contributed by atoms with van der Waals surface area (Å²) in [5.41, 5.74) is -1.87. The molecule has 1 aliphatic heterocycles. The van der Waals surface area contributed by atoms with Crippen LogP contribution >= 0.6 is 0 Å². The summed E-state index contributed by atoms with van der Waals surface area (Å²) in [7, 11) is 3.96. The highest BCUT2D eigenvalue weighted by atomic mass is 16.4. The van der Waals surface area contributed by atoms with Crippen molar-refractivity contribution in [3.05, 3.63) is 32.6 Å². The Bertz CT molecular complexity index is 621. The highest BCUT2D eigenvalue weighted by molar-refractivity contribution is 5.86. The van der Waals surface area contributed by atoms with Crippen molar-refractivity contribution in [2.24, 2.45) is 0 Å². The lowest BCUT2D eigenvalue weighted by atomic mass is 10.2. The summed E-state index contributed by atoms with van der Waals surface area (Å²) in [4.78, 5) is 40.4. The van der Waals surface area contributed by atoms with E-state index >= 15 is 0 Å². The molecule has 0 aromatic carbocycles. The van der Waals surface area contributed by atoms with Gasteiger partial charge in [-0.1, -0.05) is 0 Å². The maximum absolute atomic E-state index is 11.8. The summed E-state index contributed by atoms with van der Waals surface area (Å²) in [6.07, 6.45) is 1.12. The molecule has 1 unspecified atom stereocenters. The summed E-state index contributed by atoms with van der Waals surface area (Å²) < 4.78 is 1.26. The zero-order valence-electron chi connectivity index (χ0n) is 11.5. The minimum atomic E-state index is -1.34. The van der Waals surface area contributed by atoms with Gasteiger partial charge in [-0.05, 0) is 14.1 Å². The van der Waals surface area contributed by atoms with Crippen molar-refractivity contribution in [2.75, 3.05) is 33.7 Å². The number of carbonyl (C=O) groups is 1. The maximum Gasteiger partial charge on any atom is 0.342 e. The second-order valence-electron chi connectivity index (χ2n) is 5.16. The lowest BCUT2D eigenvalue weighted by Gasteiger charge is -2.37. The third-order valence-corrected chi connectivity index (χ3v) is 3.63. The van der Waals surface area contributed by atoms with Crippen molar-refractivity contribution < 1.29 is 9.90 Å². The zero-order chi connectivity index (χ0) is 14.9. The third-order valence-electron chi connectivity index (χ3n) is 3.63. The minimum absolute atomic E-state index is 0.0963. The Labute approximate surface area is 115 Å². The van der Waals surface area contributed by atoms with E-state index < -0.39 is 22.8 Å². The molecule has 110 valence electrons. The largest absolute Gasteiger partial charge is 0.477 e. The van der Waals surface area contributed by atoms with Gasteiger partial charge in [-0.25, -0.2) is 9.59 Å². The van der Waals surface area contributed by atoms with Gasteiger partial charge in [-0.15, -0.1) is 0 Å². The van der Waals surface area contributed by atoms with Crippen LogP contribution in [0.5, 0.6) is 0 Å². The molecular weight excluding hydrogens is 264 g/mol. The number of nitrogens with one attached hydrogen (secondary N) is 1. The van der Waals surface area contributed by atoms with Gasteiger partial charge in [0.15, 0.2) is 0 Å². The molecule has 0 saturated carbocycles. The number of likely N-dealkylation sites (N-methyl/N-ethyl adjacent to an activating group) is 2. The lowest BCUT2D eigenvalue weighted by molar-refractivity contribution is 0.0692. The van der Waals surface area contributed by atoms with Crippen molar-refractivity contribution in [1.82, 2.24) is 19.4 Å². The molecule has 1 fully saturated rings. The average molecular weight is 282 g/mol. The SMILES string of the molecule is CN1CCN(C)C(Cn2cc(C(=O)O)c(=O)[nH]c2=O)C1. The molecule has 2 heterocycles. The van der Waals surface area contributed by atoms with Crippen LogP contribution in [-0.4, -0.2) is 70.2 Å². The van der Waals surface area contributed by atoms with Gasteiger partial charge in [0.05, 0.1) is 0 Å². The van der Waals surface area contributed by atoms with E-state index in [1.54, 1.807) is 0 Å². The van der Waals surface area contributed by atoms with Crippen molar-refractivity contribution >= 4 is 5.97 Å². The Morgan fingerprint density at radius 3 is 2.75 bits per heavy atom. The van der Waals surface area contributed by atoms with Crippen LogP contribution in [0.4, 0.5) is 0 Å². The number of piperazine rings is 1. The van der Waals surface area contributed by atoms with Gasteiger partial charge in [0, 0.05) is 38.4 Å². The Balaban J connectivity index is 2.29. The molecule has 0 bridgehead atoms. The molecular formula is C12H18N4O4. The summed E-state index contributed by atoms with van der Waals surface area (Å²) in [6.45, 7) is 2.96. The quantitative estimate of drug-likeness (QED) is 0.698. The molecule has 2 rings (SSSR count). The van der Waals surface area contributed by atoms with Crippen LogP contribution in [0.15, 0.2) is 15.8 Å². The van der Waals surface area contributed by atoms with E-state index in [9.17, 15) is 14.4 Å². The van der Waals surface area contributed by atoms with E-state index in [-0.39, 0.29) is 6.04 Å². The lowest BCUT2D eigenvalue weighted by Crippen LogP contribution is -2.52. The zero-order valence-corrected chi connectivity index (χ0v) is 11.5. The second-order valence-corrected chi connectivity index (χ2v) is 5.16. The van der Waals surface area contributed by atoms with Crippen molar-refractivity contribution in [3.63, 3.8) is 0 Å². The van der Waals surface area contributed by atoms with Gasteiger partial charge in [-0.3, -0.25) is 19.2 Å². The molecule has 1 saturated heterocycles. The van der Waals surface area contributed by atoms with Gasteiger partial charge in [0.25, 0.3) is 5.56 Å². The van der Waals surface area contributed by atoms with Crippen molar-refractivity contribution in [2.45, 2.75) is 12.6 Å². The van der Waals surface area contributed by atoms with E-state index in [1.807, 2.05) is 19.1 Å². The molecule has 0 spiro atoms. The molecule has 2 N–H and O–H groups in total. The molecule has 20 heavy (non-hydrogen) atoms. The molecule has 1 atom stereocenters. The molecule has 8 nitrogen and oxygen atoms in total. The summed E-state index contributed by atoms with van der Waals surface area (Å²) in [5, 5.41) is 8.93. The fourth-order valence-electron chi connectivity index (χ4n) is 2.32. The normalized spacial score (nSPS) is 21.0. The highest BCUT2D eigenvalue weighted by Gasteiger charge is 2.23. The van der Waals surface area contributed by atoms with Gasteiger partial charge in [0.2, 0.25) is 0 Å². The molecule has 1 aromatic rings. The molecule has 0 radical (unpaired) electrons. The minimum Gasteiger partial charge on any atom is -0.477 e. The third kappa shape index (κ3) is 2.97. The smallest absolute Gasteiger partial charge is 0.342 e. The summed E-state index contributed by atoms with van der Waals surface area (Å²) in [6, 6.07) is 0.0963. The van der Waals surface area contributed by atoms with E-state index in [2.05, 4.69) is 9.80 Å². The van der Waals surface area contributed by atoms with E-state index in [4.69, 9.17) is 5.11 Å². The summed E-state index contributed by atoms with van der Waals surface area (Å²) in [5.74, 6) is -1.34. The first-order valence-corrected chi connectivity index (χ1v) is 6.34. The number of hydrogen-bond acceptors (Lipinski definition) is 5. The number of aromatic carboxylic acids is 1. The monoisotopic (exact) mass is 282 g/mol. The number of carboxylic acids is 1. The van der Waals surface area contributed by atoms with Crippen LogP contribution < -0.4 is 11.2 Å². The molecule has 1 aliphatic rings. The van der Waals surface area contributed by atoms with Crippen molar-refractivity contribution in [1.29, 1.82) is 0 Å². The number of aromatic nitrogens is 2. The first-order valence-electron chi connectivity index (χ1n) is 6.34. The fraction of sp³-hybridized carbons (Fsp3) is 0.583. The fourth-order valence-corrected chi connectivity index (χ4v) is 2.32. The number of nitrogens with zero attached hydrogens (tertiary/aromatic N) is 3. The number of H-pyrrole nitrogens is 1. The standard InChI is InChI=1S/C12H18N4O4/c1-14-3-4-15(2)8(5-14)6-16-7-9(11(18)19)10(17)13-12(16)20/h7-8H,3-6H2,1-2H3,(H,18,19)(H,13,17,20). The molecule has 8 heteroatoms. The van der Waals surface area contributed by atoms with Crippen LogP contribution in [0, 0.1) is 0 Å². The van der Waals surface area contributed by atoms with Crippen LogP contribution in [0.3, 0.4) is 0 Å². The summed E-state index contributed by atoms with van der Waals surface area (Å²) >= 11 is 0. The van der Waals surface area contributed by atoms with Crippen molar-refractivity contribution in [3.8, 4) is 0 Å². The average Bonchev–Trinajstić information content (AvgIpc) is 2.36. The van der Waals surface area contributed by atoms with Crippen LogP contribution in [0.2, 0.25) is 0 Å². The highest BCUT2D eigenvalue weighted by Crippen LogP contribution is 2.07. The van der Waals surface area contributed by atoms with Gasteiger partial charge in [-0.2, -0.15) is 0 Å². The van der Waals surface area contributed by atoms with Crippen LogP contribution in [-0.2, 0) is 6.54 Å². The Morgan fingerprint density at radius 2 is 2.10 bits per heavy atom. The maximum atomic E-state index is 11.8. The van der Waals surface area contributed by atoms with E-state index in [0.29, 0.717) is 6.54 Å². The second kappa shape index (κ2) is 5.59. The van der Waals surface area contributed by atoms with Gasteiger partial charge < -0.3 is 10.0 Å². The predicted molar refractivity (Wildman–Crippen MR) is 72.2 cm³/mol. The predicted octanol–water partition coefficient (Wildman–Crippen LogP) is -1.52. The first-order chi connectivity index (χ1) is 9.38. The number of aromatic amines is 1. The molecule has 0 aliphatic carbocycles. The number of hydrogen-bond donors (Lipinski definition) is 2. The molecule has 0 amide bonds. The Kier molecular flexibility index (Phi) is 4.05. The van der Waals surface area contributed by atoms with Gasteiger partial charge in [0.1, 0.15) is 5.56 Å². The van der Waals surface area contributed by atoms with E-state index in [0.717, 1.165) is 25.8 Å². The Hall–Kier alpha value is -1.93. The number of rotatable bonds is 3. The molecule has 1 aromatic heterocycles. The van der Waals surface area contributed by atoms with Crippen LogP contribution in [0.25, 0.3) is 0 Å². The van der Waals surface area contributed by atoms with E-state index in [1.165, 1.54) is 4.57 Å². The van der Waals surface area contributed by atoms with Gasteiger partial charge >= 0.3 is 11.7 Å².